The number of carbonyl (C=O) groups excluding carboxylic acids is 1. The second-order valence-corrected chi connectivity index (χ2v) is 6.26. The van der Waals surface area contributed by atoms with E-state index in [1.54, 1.807) is 0 Å². The lowest BCUT2D eigenvalue weighted by atomic mass is 9.76. The smallest absolute Gasteiger partial charge is 0.326 e. The second kappa shape index (κ2) is 6.05. The third kappa shape index (κ3) is 3.25. The summed E-state index contributed by atoms with van der Waals surface area (Å²) in [5.41, 5.74) is 5.54. The summed E-state index contributed by atoms with van der Waals surface area (Å²) in [5, 5.41) is 0. The van der Waals surface area contributed by atoms with E-state index in [1.807, 2.05) is 0 Å². The van der Waals surface area contributed by atoms with Crippen LogP contribution in [0, 0.1) is 11.8 Å². The molecule has 0 unspecified atom stereocenters. The topological polar surface area (TPSA) is 52.3 Å². The van der Waals surface area contributed by atoms with Crippen LogP contribution in [0.25, 0.3) is 0 Å². The fourth-order valence-corrected chi connectivity index (χ4v) is 3.32. The molecule has 0 radical (unpaired) electrons. The van der Waals surface area contributed by atoms with Crippen LogP contribution in [0.15, 0.2) is 0 Å². The van der Waals surface area contributed by atoms with Crippen LogP contribution in [-0.4, -0.2) is 18.1 Å². The van der Waals surface area contributed by atoms with Gasteiger partial charge in [0.15, 0.2) is 0 Å². The monoisotopic (exact) mass is 253 g/mol. The highest BCUT2D eigenvalue weighted by molar-refractivity contribution is 5.80. The molecule has 0 aromatic heterocycles. The summed E-state index contributed by atoms with van der Waals surface area (Å²) in [5.74, 6) is 1.19. The van der Waals surface area contributed by atoms with Crippen LogP contribution >= 0.6 is 0 Å². The molecule has 0 aromatic rings. The number of esters is 1. The Morgan fingerprint density at radius 1 is 1.17 bits per heavy atom. The van der Waals surface area contributed by atoms with Crippen molar-refractivity contribution in [3.05, 3.63) is 0 Å². The van der Waals surface area contributed by atoms with Crippen LogP contribution in [0.4, 0.5) is 0 Å². The highest BCUT2D eigenvalue weighted by atomic mass is 16.5. The Labute approximate surface area is 110 Å². The van der Waals surface area contributed by atoms with Crippen molar-refractivity contribution in [2.45, 2.75) is 70.3 Å². The number of nitrogens with two attached hydrogens (primary N) is 1. The van der Waals surface area contributed by atoms with E-state index in [-0.39, 0.29) is 5.97 Å². The van der Waals surface area contributed by atoms with Gasteiger partial charge in [-0.1, -0.05) is 26.2 Å². The molecular weight excluding hydrogens is 226 g/mol. The summed E-state index contributed by atoms with van der Waals surface area (Å²) >= 11 is 0. The van der Waals surface area contributed by atoms with Crippen molar-refractivity contribution in [2.24, 2.45) is 17.6 Å². The Morgan fingerprint density at radius 3 is 2.33 bits per heavy atom. The lowest BCUT2D eigenvalue weighted by Gasteiger charge is -2.35. The molecule has 0 spiro atoms. The lowest BCUT2D eigenvalue weighted by Crippen LogP contribution is -2.51. The van der Waals surface area contributed by atoms with Gasteiger partial charge in [0.05, 0.1) is 6.61 Å². The molecular formula is C15H27NO2. The minimum absolute atomic E-state index is 0.149. The van der Waals surface area contributed by atoms with E-state index >= 15 is 0 Å². The first-order valence-corrected chi connectivity index (χ1v) is 7.60. The fraction of sp³-hybridized carbons (Fsp3) is 0.933. The molecule has 2 fully saturated rings. The largest absolute Gasteiger partial charge is 0.464 e. The highest BCUT2D eigenvalue weighted by Gasteiger charge is 2.39. The summed E-state index contributed by atoms with van der Waals surface area (Å²) in [6.45, 7) is 2.81. The standard InChI is InChI=1S/C15H27NO2/c1-2-12-7-9-15(16,10-8-12)14(17)18-11-13-5-3-4-6-13/h12-13H,2-11,16H2,1H3. The molecule has 2 aliphatic rings. The molecule has 0 amide bonds. The Bertz CT molecular complexity index is 276. The first-order chi connectivity index (χ1) is 8.64. The average molecular weight is 253 g/mol. The van der Waals surface area contributed by atoms with Gasteiger partial charge in [-0.25, -0.2) is 0 Å². The third-order valence-electron chi connectivity index (χ3n) is 4.91. The summed E-state index contributed by atoms with van der Waals surface area (Å²) < 4.78 is 5.47. The molecule has 18 heavy (non-hydrogen) atoms. The van der Waals surface area contributed by atoms with Crippen LogP contribution in [-0.2, 0) is 9.53 Å². The Balaban J connectivity index is 1.77. The lowest BCUT2D eigenvalue weighted by molar-refractivity contribution is -0.153. The molecule has 2 aliphatic carbocycles. The van der Waals surface area contributed by atoms with Gasteiger partial charge in [-0.3, -0.25) is 4.79 Å². The predicted octanol–water partition coefficient (Wildman–Crippen LogP) is 3.02. The number of ether oxygens (including phenoxy) is 1. The van der Waals surface area contributed by atoms with E-state index in [0.717, 1.165) is 31.6 Å². The van der Waals surface area contributed by atoms with Crippen LogP contribution < -0.4 is 5.73 Å². The third-order valence-corrected chi connectivity index (χ3v) is 4.91. The predicted molar refractivity (Wildman–Crippen MR) is 72.1 cm³/mol. The Kier molecular flexibility index (Phi) is 4.66. The van der Waals surface area contributed by atoms with E-state index in [2.05, 4.69) is 6.92 Å². The van der Waals surface area contributed by atoms with E-state index < -0.39 is 5.54 Å². The van der Waals surface area contributed by atoms with Crippen LogP contribution in [0.3, 0.4) is 0 Å². The van der Waals surface area contributed by atoms with E-state index in [4.69, 9.17) is 10.5 Å². The zero-order valence-electron chi connectivity index (χ0n) is 11.6. The molecule has 2 saturated carbocycles. The molecule has 0 aliphatic heterocycles. The van der Waals surface area contributed by atoms with Gasteiger partial charge in [0, 0.05) is 0 Å². The summed E-state index contributed by atoms with van der Waals surface area (Å²) in [7, 11) is 0. The second-order valence-electron chi connectivity index (χ2n) is 6.26. The van der Waals surface area contributed by atoms with Crippen LogP contribution in [0.2, 0.25) is 0 Å². The maximum Gasteiger partial charge on any atom is 0.326 e. The van der Waals surface area contributed by atoms with E-state index in [1.165, 1.54) is 32.1 Å². The van der Waals surface area contributed by atoms with Crippen molar-refractivity contribution in [1.82, 2.24) is 0 Å². The maximum absolute atomic E-state index is 12.1. The molecule has 0 bridgehead atoms. The van der Waals surface area contributed by atoms with Gasteiger partial charge in [0.2, 0.25) is 0 Å². The van der Waals surface area contributed by atoms with Gasteiger partial charge in [-0.2, -0.15) is 0 Å². The van der Waals surface area contributed by atoms with Crippen molar-refractivity contribution in [1.29, 1.82) is 0 Å². The van der Waals surface area contributed by atoms with Gasteiger partial charge in [0.25, 0.3) is 0 Å². The van der Waals surface area contributed by atoms with E-state index in [9.17, 15) is 4.79 Å². The molecule has 0 saturated heterocycles. The quantitative estimate of drug-likeness (QED) is 0.784. The molecule has 3 heteroatoms. The average Bonchev–Trinajstić information content (AvgIpc) is 2.90. The number of hydrogen-bond donors (Lipinski definition) is 1. The molecule has 2 rings (SSSR count). The Morgan fingerprint density at radius 2 is 1.78 bits per heavy atom. The van der Waals surface area contributed by atoms with Crippen molar-refractivity contribution >= 4 is 5.97 Å². The van der Waals surface area contributed by atoms with Crippen molar-refractivity contribution in [2.75, 3.05) is 6.61 Å². The van der Waals surface area contributed by atoms with Gasteiger partial charge in [-0.15, -0.1) is 0 Å². The number of hydrogen-bond acceptors (Lipinski definition) is 3. The highest BCUT2D eigenvalue weighted by Crippen LogP contribution is 2.33. The number of rotatable bonds is 4. The first kappa shape index (κ1) is 13.9. The van der Waals surface area contributed by atoms with Crippen LogP contribution in [0.1, 0.15) is 64.7 Å². The summed E-state index contributed by atoms with van der Waals surface area (Å²) in [6.07, 6.45) is 9.95. The van der Waals surface area contributed by atoms with E-state index in [0.29, 0.717) is 12.5 Å². The van der Waals surface area contributed by atoms with Crippen molar-refractivity contribution in [3.8, 4) is 0 Å². The Hall–Kier alpha value is -0.570. The number of carbonyl (C=O) groups is 1. The minimum Gasteiger partial charge on any atom is -0.464 e. The van der Waals surface area contributed by atoms with Crippen LogP contribution in [0.5, 0.6) is 0 Å². The van der Waals surface area contributed by atoms with Crippen molar-refractivity contribution in [3.63, 3.8) is 0 Å². The van der Waals surface area contributed by atoms with Gasteiger partial charge >= 0.3 is 5.97 Å². The molecule has 0 atom stereocenters. The summed E-state index contributed by atoms with van der Waals surface area (Å²) in [4.78, 5) is 12.1. The molecule has 3 nitrogen and oxygen atoms in total. The summed E-state index contributed by atoms with van der Waals surface area (Å²) in [6, 6.07) is 0. The minimum atomic E-state index is -0.690. The van der Waals surface area contributed by atoms with Gasteiger partial charge in [-0.05, 0) is 50.4 Å². The maximum atomic E-state index is 12.1. The first-order valence-electron chi connectivity index (χ1n) is 7.60. The molecule has 104 valence electrons. The fourth-order valence-electron chi connectivity index (χ4n) is 3.32. The van der Waals surface area contributed by atoms with Gasteiger partial charge in [0.1, 0.15) is 5.54 Å². The normalized spacial score (nSPS) is 33.6. The molecule has 0 heterocycles. The molecule has 0 aromatic carbocycles. The SMILES string of the molecule is CCC1CCC(N)(C(=O)OCC2CCCC2)CC1. The van der Waals surface area contributed by atoms with Gasteiger partial charge < -0.3 is 10.5 Å². The molecule has 2 N–H and O–H groups in total. The van der Waals surface area contributed by atoms with Crippen molar-refractivity contribution < 1.29 is 9.53 Å². The zero-order valence-corrected chi connectivity index (χ0v) is 11.6. The zero-order chi connectivity index (χ0) is 13.0.